The molecule has 0 unspecified atom stereocenters. The van der Waals surface area contributed by atoms with Gasteiger partial charge in [-0.3, -0.25) is 0 Å². The molecule has 2 rings (SSSR count). The van der Waals surface area contributed by atoms with Crippen LogP contribution >= 0.6 is 22.9 Å². The number of nitrogens with two attached hydrogens (primary N) is 1. The Balaban J connectivity index is 2.57. The molecule has 3 nitrogen and oxygen atoms in total. The Morgan fingerprint density at radius 3 is 2.74 bits per heavy atom. The Morgan fingerprint density at radius 1 is 1.47 bits per heavy atom. The van der Waals surface area contributed by atoms with Gasteiger partial charge in [0.1, 0.15) is 10.7 Å². The molecular weight excluding hydrogens is 289 g/mol. The summed E-state index contributed by atoms with van der Waals surface area (Å²) in [5.74, 6) is -1.00. The number of carbonyl (C=O) groups is 1. The van der Waals surface area contributed by atoms with Crippen LogP contribution in [-0.4, -0.2) is 13.1 Å². The molecule has 0 amide bonds. The van der Waals surface area contributed by atoms with Crippen molar-refractivity contribution in [3.63, 3.8) is 0 Å². The number of rotatable bonds is 2. The molecule has 0 aliphatic rings. The van der Waals surface area contributed by atoms with E-state index in [-0.39, 0.29) is 5.02 Å². The summed E-state index contributed by atoms with van der Waals surface area (Å²) in [5.41, 5.74) is 7.60. The van der Waals surface area contributed by atoms with Crippen LogP contribution < -0.4 is 5.73 Å². The number of anilines is 1. The molecule has 0 aliphatic heterocycles. The van der Waals surface area contributed by atoms with Gasteiger partial charge < -0.3 is 10.5 Å². The van der Waals surface area contributed by atoms with Crippen LogP contribution in [0.4, 0.5) is 10.1 Å². The maximum Gasteiger partial charge on any atom is 0.350 e. The number of benzene rings is 1. The molecular formula is C13H11ClFNO2S. The normalized spacial score (nSPS) is 10.5. The lowest BCUT2D eigenvalue weighted by molar-refractivity contribution is 0.0607. The van der Waals surface area contributed by atoms with Crippen molar-refractivity contribution in [2.24, 2.45) is 0 Å². The molecule has 0 spiro atoms. The van der Waals surface area contributed by atoms with Gasteiger partial charge in [-0.05, 0) is 30.2 Å². The summed E-state index contributed by atoms with van der Waals surface area (Å²) in [5, 5.41) is 0.0547. The van der Waals surface area contributed by atoms with E-state index in [2.05, 4.69) is 4.74 Å². The second kappa shape index (κ2) is 5.19. The van der Waals surface area contributed by atoms with Gasteiger partial charge in [-0.1, -0.05) is 17.7 Å². The van der Waals surface area contributed by atoms with Crippen LogP contribution in [0.15, 0.2) is 18.2 Å². The SMILES string of the molecule is COC(=O)c1sc(-c2ccc(Cl)c(F)c2)c(C)c1N. The smallest absolute Gasteiger partial charge is 0.350 e. The number of nitrogen functional groups attached to an aromatic ring is 1. The standard InChI is InChI=1S/C13H11ClFNO2S/c1-6-10(16)12(13(17)18-2)19-11(6)7-3-4-8(14)9(15)5-7/h3-5H,16H2,1-2H3. The summed E-state index contributed by atoms with van der Waals surface area (Å²) in [7, 11) is 1.29. The molecule has 1 aromatic carbocycles. The minimum absolute atomic E-state index is 0.0547. The molecule has 0 saturated heterocycles. The van der Waals surface area contributed by atoms with Crippen molar-refractivity contribution in [1.29, 1.82) is 0 Å². The van der Waals surface area contributed by atoms with Crippen molar-refractivity contribution < 1.29 is 13.9 Å². The van der Waals surface area contributed by atoms with Gasteiger partial charge in [0.05, 0.1) is 17.8 Å². The predicted molar refractivity (Wildman–Crippen MR) is 75.2 cm³/mol. The van der Waals surface area contributed by atoms with E-state index >= 15 is 0 Å². The quantitative estimate of drug-likeness (QED) is 0.856. The molecule has 2 N–H and O–H groups in total. The van der Waals surface area contributed by atoms with E-state index in [0.717, 1.165) is 10.4 Å². The lowest BCUT2D eigenvalue weighted by atomic mass is 10.1. The topological polar surface area (TPSA) is 52.3 Å². The van der Waals surface area contributed by atoms with Gasteiger partial charge >= 0.3 is 5.97 Å². The highest BCUT2D eigenvalue weighted by atomic mass is 35.5. The van der Waals surface area contributed by atoms with Gasteiger partial charge in [0, 0.05) is 4.88 Å². The third-order valence-electron chi connectivity index (χ3n) is 2.75. The third kappa shape index (κ3) is 2.43. The van der Waals surface area contributed by atoms with E-state index in [4.69, 9.17) is 17.3 Å². The lowest BCUT2D eigenvalue weighted by Gasteiger charge is -2.01. The zero-order valence-corrected chi connectivity index (χ0v) is 11.9. The first-order chi connectivity index (χ1) is 8.95. The van der Waals surface area contributed by atoms with Gasteiger partial charge in [0.25, 0.3) is 0 Å². The second-order valence-corrected chi connectivity index (χ2v) is 5.35. The number of carbonyl (C=O) groups excluding carboxylic acids is 1. The molecule has 19 heavy (non-hydrogen) atoms. The Hall–Kier alpha value is -1.59. The predicted octanol–water partition coefficient (Wildman–Crippen LogP) is 3.88. The third-order valence-corrected chi connectivity index (χ3v) is 4.39. The highest BCUT2D eigenvalue weighted by Gasteiger charge is 2.20. The number of thiophene rings is 1. The summed E-state index contributed by atoms with van der Waals surface area (Å²) in [6.45, 7) is 1.78. The van der Waals surface area contributed by atoms with Crippen molar-refractivity contribution in [1.82, 2.24) is 0 Å². The number of halogens is 2. The first-order valence-corrected chi connectivity index (χ1v) is 6.57. The Bertz CT molecular complexity index is 654. The van der Waals surface area contributed by atoms with Crippen LogP contribution in [-0.2, 0) is 4.74 Å². The first kappa shape index (κ1) is 13.8. The molecule has 0 bridgehead atoms. The number of esters is 1. The van der Waals surface area contributed by atoms with Crippen LogP contribution in [0, 0.1) is 12.7 Å². The van der Waals surface area contributed by atoms with Crippen LogP contribution in [0.25, 0.3) is 10.4 Å². The van der Waals surface area contributed by atoms with E-state index in [1.54, 1.807) is 13.0 Å². The number of hydrogen-bond donors (Lipinski definition) is 1. The molecule has 6 heteroatoms. The molecule has 0 saturated carbocycles. The fourth-order valence-corrected chi connectivity index (χ4v) is 2.94. The lowest BCUT2D eigenvalue weighted by Crippen LogP contribution is -2.01. The van der Waals surface area contributed by atoms with Gasteiger partial charge in [0.2, 0.25) is 0 Å². The minimum atomic E-state index is -0.509. The zero-order valence-electron chi connectivity index (χ0n) is 10.3. The Kier molecular flexibility index (Phi) is 3.78. The van der Waals surface area contributed by atoms with Crippen LogP contribution in [0.3, 0.4) is 0 Å². The van der Waals surface area contributed by atoms with E-state index in [1.165, 1.54) is 30.6 Å². The maximum atomic E-state index is 13.5. The highest BCUT2D eigenvalue weighted by Crippen LogP contribution is 2.39. The van der Waals surface area contributed by atoms with Gasteiger partial charge in [-0.25, -0.2) is 9.18 Å². The van der Waals surface area contributed by atoms with Gasteiger partial charge in [-0.15, -0.1) is 11.3 Å². The van der Waals surface area contributed by atoms with Crippen molar-refractivity contribution >= 4 is 34.6 Å². The van der Waals surface area contributed by atoms with E-state index in [0.29, 0.717) is 16.1 Å². The monoisotopic (exact) mass is 299 g/mol. The molecule has 0 fully saturated rings. The molecule has 100 valence electrons. The van der Waals surface area contributed by atoms with Crippen molar-refractivity contribution in [3.8, 4) is 10.4 Å². The largest absolute Gasteiger partial charge is 0.465 e. The average Bonchev–Trinajstić information content (AvgIpc) is 2.69. The van der Waals surface area contributed by atoms with Gasteiger partial charge in [0.15, 0.2) is 0 Å². The summed E-state index contributed by atoms with van der Waals surface area (Å²) < 4.78 is 18.1. The van der Waals surface area contributed by atoms with Crippen molar-refractivity contribution in [3.05, 3.63) is 39.5 Å². The highest BCUT2D eigenvalue weighted by molar-refractivity contribution is 7.18. The summed E-state index contributed by atoms with van der Waals surface area (Å²) in [6.07, 6.45) is 0. The molecule has 0 radical (unpaired) electrons. The van der Waals surface area contributed by atoms with Crippen LogP contribution in [0.5, 0.6) is 0 Å². The molecule has 2 aromatic rings. The minimum Gasteiger partial charge on any atom is -0.465 e. The second-order valence-electron chi connectivity index (χ2n) is 3.92. The van der Waals surface area contributed by atoms with Crippen molar-refractivity contribution in [2.45, 2.75) is 6.92 Å². The van der Waals surface area contributed by atoms with E-state index in [9.17, 15) is 9.18 Å². The average molecular weight is 300 g/mol. The number of hydrogen-bond acceptors (Lipinski definition) is 4. The van der Waals surface area contributed by atoms with Gasteiger partial charge in [-0.2, -0.15) is 0 Å². The van der Waals surface area contributed by atoms with E-state index in [1.807, 2.05) is 0 Å². The summed E-state index contributed by atoms with van der Waals surface area (Å²) in [6, 6.07) is 4.48. The Labute approximate surface area is 118 Å². The molecule has 0 aliphatic carbocycles. The van der Waals surface area contributed by atoms with E-state index < -0.39 is 11.8 Å². The van der Waals surface area contributed by atoms with Crippen molar-refractivity contribution in [2.75, 3.05) is 12.8 Å². The number of methoxy groups -OCH3 is 1. The fourth-order valence-electron chi connectivity index (χ4n) is 1.68. The maximum absolute atomic E-state index is 13.5. The summed E-state index contributed by atoms with van der Waals surface area (Å²) in [4.78, 5) is 12.6. The van der Waals surface area contributed by atoms with Crippen LogP contribution in [0.2, 0.25) is 5.02 Å². The fraction of sp³-hybridized carbons (Fsp3) is 0.154. The molecule has 1 aromatic heterocycles. The first-order valence-electron chi connectivity index (χ1n) is 5.38. The van der Waals surface area contributed by atoms with Crippen LogP contribution in [0.1, 0.15) is 15.2 Å². The zero-order chi connectivity index (χ0) is 14.2. The summed E-state index contributed by atoms with van der Waals surface area (Å²) >= 11 is 6.82. The number of ether oxygens (including phenoxy) is 1. The Morgan fingerprint density at radius 2 is 2.16 bits per heavy atom. The molecule has 1 heterocycles. The molecule has 0 atom stereocenters.